The number of hydrogen-bond acceptors (Lipinski definition) is 2. The average molecular weight is 328 g/mol. The van der Waals surface area contributed by atoms with Gasteiger partial charge in [-0.15, -0.1) is 0 Å². The fourth-order valence-corrected chi connectivity index (χ4v) is 4.37. The van der Waals surface area contributed by atoms with Crippen LogP contribution in [0.15, 0.2) is 36.4 Å². The molecule has 0 amide bonds. The van der Waals surface area contributed by atoms with Gasteiger partial charge in [0.05, 0.1) is 0 Å². The van der Waals surface area contributed by atoms with Gasteiger partial charge in [-0.3, -0.25) is 4.79 Å². The van der Waals surface area contributed by atoms with E-state index in [0.717, 1.165) is 29.5 Å². The van der Waals surface area contributed by atoms with Crippen LogP contribution in [0.2, 0.25) is 0 Å². The van der Waals surface area contributed by atoms with Crippen LogP contribution in [-0.4, -0.2) is 11.7 Å². The van der Waals surface area contributed by atoms with Crippen LogP contribution in [0.4, 0.5) is 0 Å². The molecule has 0 spiro atoms. The summed E-state index contributed by atoms with van der Waals surface area (Å²) in [6.45, 7) is 7.97. The van der Waals surface area contributed by atoms with Crippen molar-refractivity contribution >= 4 is 13.3 Å². The molecule has 0 aliphatic heterocycles. The first-order valence-electron chi connectivity index (χ1n) is 8.10. The molecule has 2 nitrogen and oxygen atoms in total. The van der Waals surface area contributed by atoms with Crippen molar-refractivity contribution in [1.29, 1.82) is 0 Å². The normalized spacial score (nSPS) is 12.2. The van der Waals surface area contributed by atoms with Gasteiger partial charge < -0.3 is 4.57 Å². The number of aryl methyl sites for hydroxylation is 3. The van der Waals surface area contributed by atoms with E-state index in [0.29, 0.717) is 11.7 Å². The molecule has 0 N–H and O–H groups in total. The van der Waals surface area contributed by atoms with E-state index >= 15 is 0 Å². The summed E-state index contributed by atoms with van der Waals surface area (Å²) in [5, 5.41) is 0. The van der Waals surface area contributed by atoms with Crippen molar-refractivity contribution in [3.63, 3.8) is 0 Å². The number of rotatable bonds is 6. The first-order chi connectivity index (χ1) is 10.9. The molecule has 2 aromatic rings. The van der Waals surface area contributed by atoms with E-state index in [2.05, 4.69) is 12.1 Å². The van der Waals surface area contributed by atoms with Crippen molar-refractivity contribution in [3.05, 3.63) is 69.8 Å². The van der Waals surface area contributed by atoms with Crippen LogP contribution >= 0.6 is 7.80 Å². The average Bonchev–Trinajstić information content (AvgIpc) is 2.53. The highest BCUT2D eigenvalue weighted by Gasteiger charge is 2.20. The fraction of sp³-hybridized carbons (Fsp3) is 0.350. The van der Waals surface area contributed by atoms with Gasteiger partial charge in [0, 0.05) is 11.7 Å². The zero-order valence-corrected chi connectivity index (χ0v) is 15.4. The zero-order chi connectivity index (χ0) is 17.0. The van der Waals surface area contributed by atoms with E-state index in [1.807, 2.05) is 52.0 Å². The first-order valence-corrected chi connectivity index (χ1v) is 9.72. The minimum Gasteiger partial charge on any atom is -0.318 e. The lowest BCUT2D eigenvalue weighted by atomic mass is 9.95. The molecule has 0 heterocycles. The molecular weight excluding hydrogens is 303 g/mol. The second-order valence-corrected chi connectivity index (χ2v) is 8.03. The molecule has 2 rings (SSSR count). The number of carbonyl (C=O) groups is 1. The van der Waals surface area contributed by atoms with Gasteiger partial charge in [0.1, 0.15) is 7.80 Å². The molecule has 0 aromatic heterocycles. The highest BCUT2D eigenvalue weighted by atomic mass is 31.1. The molecule has 0 aliphatic rings. The van der Waals surface area contributed by atoms with Gasteiger partial charge in [-0.05, 0) is 68.4 Å². The standard InChI is InChI=1S/C20H25O2P/c1-14-13-15(2)19(17(4)16(14)3)20(21)23(22)12-8-11-18-9-6-5-7-10-18/h5-7,9-10,13,23H,8,11-12H2,1-4H3. The van der Waals surface area contributed by atoms with E-state index < -0.39 is 7.80 Å². The molecular formula is C20H25O2P. The maximum absolute atomic E-state index is 12.6. The molecule has 1 unspecified atom stereocenters. The maximum atomic E-state index is 12.6. The Morgan fingerprint density at radius 2 is 1.61 bits per heavy atom. The quantitative estimate of drug-likeness (QED) is 0.678. The third-order valence-corrected chi connectivity index (χ3v) is 6.11. The lowest BCUT2D eigenvalue weighted by Crippen LogP contribution is -2.05. The maximum Gasteiger partial charge on any atom is 0.219 e. The van der Waals surface area contributed by atoms with E-state index in [4.69, 9.17) is 0 Å². The Bertz CT molecular complexity index is 733. The lowest BCUT2D eigenvalue weighted by Gasteiger charge is -2.14. The van der Waals surface area contributed by atoms with Crippen LogP contribution < -0.4 is 0 Å². The Hall–Kier alpha value is -1.66. The van der Waals surface area contributed by atoms with Crippen LogP contribution in [0.5, 0.6) is 0 Å². The Morgan fingerprint density at radius 1 is 0.957 bits per heavy atom. The highest BCUT2D eigenvalue weighted by Crippen LogP contribution is 2.33. The largest absolute Gasteiger partial charge is 0.318 e. The topological polar surface area (TPSA) is 34.1 Å². The number of carbonyl (C=O) groups excluding carboxylic acids is 1. The minimum absolute atomic E-state index is 0.152. The van der Waals surface area contributed by atoms with E-state index in [9.17, 15) is 9.36 Å². The second kappa shape index (κ2) is 7.75. The van der Waals surface area contributed by atoms with Crippen molar-refractivity contribution in [2.75, 3.05) is 6.16 Å². The van der Waals surface area contributed by atoms with Gasteiger partial charge in [0.15, 0.2) is 0 Å². The van der Waals surface area contributed by atoms with Crippen molar-refractivity contribution < 1.29 is 9.36 Å². The molecule has 0 bridgehead atoms. The summed E-state index contributed by atoms with van der Waals surface area (Å²) in [4.78, 5) is 12.6. The smallest absolute Gasteiger partial charge is 0.219 e. The van der Waals surface area contributed by atoms with Crippen molar-refractivity contribution in [2.45, 2.75) is 40.5 Å². The van der Waals surface area contributed by atoms with Crippen LogP contribution in [-0.2, 0) is 11.0 Å². The van der Waals surface area contributed by atoms with Crippen LogP contribution in [0, 0.1) is 27.7 Å². The number of hydrogen-bond donors (Lipinski definition) is 0. The van der Waals surface area contributed by atoms with Crippen LogP contribution in [0.25, 0.3) is 0 Å². The summed E-state index contributed by atoms with van der Waals surface area (Å²) in [7, 11) is -2.25. The predicted octanol–water partition coefficient (Wildman–Crippen LogP) is 5.25. The van der Waals surface area contributed by atoms with Crippen LogP contribution in [0.3, 0.4) is 0 Å². The summed E-state index contributed by atoms with van der Waals surface area (Å²) >= 11 is 0. The van der Waals surface area contributed by atoms with Gasteiger partial charge in [-0.1, -0.05) is 36.4 Å². The molecule has 0 fully saturated rings. The highest BCUT2D eigenvalue weighted by molar-refractivity contribution is 7.64. The lowest BCUT2D eigenvalue weighted by molar-refractivity contribution is 0.107. The van der Waals surface area contributed by atoms with Crippen molar-refractivity contribution in [3.8, 4) is 0 Å². The van der Waals surface area contributed by atoms with E-state index in [1.54, 1.807) is 0 Å². The SMILES string of the molecule is Cc1cc(C)c(C(=O)[PH](=O)CCCc2ccccc2)c(C)c1C. The Kier molecular flexibility index (Phi) is 5.96. The first kappa shape index (κ1) is 17.7. The second-order valence-electron chi connectivity index (χ2n) is 6.23. The summed E-state index contributed by atoms with van der Waals surface area (Å²) in [5.74, 6) is 0. The molecule has 3 heteroatoms. The monoisotopic (exact) mass is 328 g/mol. The third-order valence-electron chi connectivity index (χ3n) is 4.55. The molecule has 122 valence electrons. The van der Waals surface area contributed by atoms with Gasteiger partial charge in [0.25, 0.3) is 0 Å². The predicted molar refractivity (Wildman–Crippen MR) is 98.4 cm³/mol. The van der Waals surface area contributed by atoms with Gasteiger partial charge in [-0.25, -0.2) is 0 Å². The molecule has 0 radical (unpaired) electrons. The molecule has 23 heavy (non-hydrogen) atoms. The number of benzene rings is 2. The summed E-state index contributed by atoms with van der Waals surface area (Å²) < 4.78 is 12.5. The van der Waals surface area contributed by atoms with Gasteiger partial charge in [-0.2, -0.15) is 0 Å². The van der Waals surface area contributed by atoms with Crippen molar-refractivity contribution in [2.24, 2.45) is 0 Å². The Balaban J connectivity index is 2.06. The van der Waals surface area contributed by atoms with E-state index in [-0.39, 0.29) is 5.52 Å². The summed E-state index contributed by atoms with van der Waals surface area (Å²) in [6.07, 6.45) is 2.15. The minimum atomic E-state index is -2.25. The molecule has 0 saturated heterocycles. The Morgan fingerprint density at radius 3 is 2.26 bits per heavy atom. The van der Waals surface area contributed by atoms with Crippen molar-refractivity contribution in [1.82, 2.24) is 0 Å². The molecule has 1 atom stereocenters. The zero-order valence-electron chi connectivity index (χ0n) is 14.4. The van der Waals surface area contributed by atoms with Gasteiger partial charge >= 0.3 is 0 Å². The van der Waals surface area contributed by atoms with E-state index in [1.165, 1.54) is 11.1 Å². The summed E-state index contributed by atoms with van der Waals surface area (Å²) in [5.41, 5.74) is 5.98. The molecule has 2 aromatic carbocycles. The Labute approximate surface area is 139 Å². The van der Waals surface area contributed by atoms with Gasteiger partial charge in [0.2, 0.25) is 5.52 Å². The fourth-order valence-electron chi connectivity index (χ4n) is 2.98. The van der Waals surface area contributed by atoms with Crippen LogP contribution in [0.1, 0.15) is 44.6 Å². The molecule has 0 saturated carbocycles. The third kappa shape index (κ3) is 4.20. The molecule has 0 aliphatic carbocycles. The summed E-state index contributed by atoms with van der Waals surface area (Å²) in [6, 6.07) is 12.2.